The molecular formula is C12H15Cl3N2O2. The number of benzene rings is 1. The Balaban J connectivity index is 0.00000180. The molecule has 0 unspecified atom stereocenters. The van der Waals surface area contributed by atoms with E-state index in [-0.39, 0.29) is 40.7 Å². The van der Waals surface area contributed by atoms with Crippen molar-refractivity contribution < 1.29 is 9.90 Å². The van der Waals surface area contributed by atoms with Crippen LogP contribution in [0.15, 0.2) is 12.1 Å². The monoisotopic (exact) mass is 324 g/mol. The maximum absolute atomic E-state index is 11.6. The molecule has 2 rings (SSSR count). The topological polar surface area (TPSA) is 61.4 Å². The van der Waals surface area contributed by atoms with Crippen LogP contribution < -0.4 is 10.6 Å². The van der Waals surface area contributed by atoms with Crippen LogP contribution in [-0.4, -0.2) is 24.1 Å². The Morgan fingerprint density at radius 1 is 1.32 bits per heavy atom. The van der Waals surface area contributed by atoms with Crippen molar-refractivity contribution in [3.63, 3.8) is 0 Å². The molecule has 1 amide bonds. The lowest BCUT2D eigenvalue weighted by molar-refractivity contribution is -0.115. The van der Waals surface area contributed by atoms with Gasteiger partial charge in [-0.3, -0.25) is 4.79 Å². The van der Waals surface area contributed by atoms with Crippen molar-refractivity contribution >= 4 is 47.2 Å². The summed E-state index contributed by atoms with van der Waals surface area (Å²) < 4.78 is 0. The zero-order valence-electron chi connectivity index (χ0n) is 10.1. The Morgan fingerprint density at radius 3 is 2.42 bits per heavy atom. The number of halogens is 3. The summed E-state index contributed by atoms with van der Waals surface area (Å²) in [7, 11) is 0. The van der Waals surface area contributed by atoms with Crippen LogP contribution in [0.3, 0.4) is 0 Å². The van der Waals surface area contributed by atoms with Crippen molar-refractivity contribution in [2.45, 2.75) is 12.8 Å². The molecule has 1 fully saturated rings. The summed E-state index contributed by atoms with van der Waals surface area (Å²) in [5, 5.41) is 15.4. The van der Waals surface area contributed by atoms with E-state index in [1.165, 1.54) is 25.0 Å². The van der Waals surface area contributed by atoms with Crippen LogP contribution in [0.4, 0.5) is 5.69 Å². The van der Waals surface area contributed by atoms with E-state index in [0.29, 0.717) is 5.69 Å². The number of rotatable bonds is 5. The molecule has 0 atom stereocenters. The van der Waals surface area contributed by atoms with Gasteiger partial charge in [-0.05, 0) is 37.4 Å². The lowest BCUT2D eigenvalue weighted by atomic mass is 10.3. The lowest BCUT2D eigenvalue weighted by Crippen LogP contribution is -2.29. The summed E-state index contributed by atoms with van der Waals surface area (Å²) >= 11 is 11.5. The first-order valence-electron chi connectivity index (χ1n) is 5.75. The van der Waals surface area contributed by atoms with Gasteiger partial charge in [-0.2, -0.15) is 0 Å². The summed E-state index contributed by atoms with van der Waals surface area (Å²) in [6, 6.07) is 2.92. The highest BCUT2D eigenvalue weighted by Crippen LogP contribution is 2.34. The van der Waals surface area contributed by atoms with Gasteiger partial charge in [-0.25, -0.2) is 0 Å². The molecule has 1 aliphatic carbocycles. The number of anilines is 1. The van der Waals surface area contributed by atoms with Crippen molar-refractivity contribution in [3.05, 3.63) is 22.2 Å². The van der Waals surface area contributed by atoms with E-state index in [2.05, 4.69) is 10.6 Å². The van der Waals surface area contributed by atoms with E-state index in [0.717, 1.165) is 12.5 Å². The zero-order valence-corrected chi connectivity index (χ0v) is 12.4. The second-order valence-electron chi connectivity index (χ2n) is 4.41. The predicted octanol–water partition coefficient (Wildman–Crippen LogP) is 3.06. The summed E-state index contributed by atoms with van der Waals surface area (Å²) in [5.74, 6) is 0.395. The van der Waals surface area contributed by atoms with E-state index in [1.807, 2.05) is 0 Å². The van der Waals surface area contributed by atoms with Crippen LogP contribution in [-0.2, 0) is 4.79 Å². The Bertz CT molecular complexity index is 441. The van der Waals surface area contributed by atoms with Gasteiger partial charge in [-0.1, -0.05) is 23.2 Å². The maximum Gasteiger partial charge on any atom is 0.238 e. The average Bonchev–Trinajstić information content (AvgIpc) is 3.09. The van der Waals surface area contributed by atoms with Crippen LogP contribution in [0.5, 0.6) is 5.75 Å². The minimum atomic E-state index is -0.178. The van der Waals surface area contributed by atoms with Gasteiger partial charge < -0.3 is 15.7 Å². The number of amides is 1. The van der Waals surface area contributed by atoms with Crippen molar-refractivity contribution in [3.8, 4) is 5.75 Å². The van der Waals surface area contributed by atoms with Crippen LogP contribution >= 0.6 is 35.6 Å². The normalized spacial score (nSPS) is 13.8. The Kier molecular flexibility index (Phi) is 6.20. The minimum absolute atomic E-state index is 0. The van der Waals surface area contributed by atoms with Gasteiger partial charge in [0.2, 0.25) is 5.91 Å². The number of phenols is 1. The molecule has 0 heterocycles. The fourth-order valence-corrected chi connectivity index (χ4v) is 2.04. The smallest absolute Gasteiger partial charge is 0.238 e. The Labute approximate surface area is 127 Å². The van der Waals surface area contributed by atoms with Crippen molar-refractivity contribution in [2.24, 2.45) is 5.92 Å². The molecule has 0 radical (unpaired) electrons. The SMILES string of the molecule is Cl.O=C(CNCC1CC1)Nc1cc(Cl)c(O)c(Cl)c1. The van der Waals surface area contributed by atoms with E-state index in [1.54, 1.807) is 0 Å². The number of aromatic hydroxyl groups is 1. The molecule has 7 heteroatoms. The molecule has 1 aliphatic rings. The zero-order chi connectivity index (χ0) is 13.1. The van der Waals surface area contributed by atoms with Gasteiger partial charge in [0.1, 0.15) is 0 Å². The third-order valence-electron chi connectivity index (χ3n) is 2.72. The standard InChI is InChI=1S/C12H14Cl2N2O2.ClH/c13-9-3-8(4-10(14)12(9)18)16-11(17)6-15-5-7-1-2-7;/h3-4,7,15,18H,1-2,5-6H2,(H,16,17);1H. The fraction of sp³-hybridized carbons (Fsp3) is 0.417. The molecule has 106 valence electrons. The largest absolute Gasteiger partial charge is 0.505 e. The minimum Gasteiger partial charge on any atom is -0.505 e. The first-order chi connectivity index (χ1) is 8.56. The summed E-state index contributed by atoms with van der Waals surface area (Å²) in [6.45, 7) is 1.14. The highest BCUT2D eigenvalue weighted by atomic mass is 35.5. The van der Waals surface area contributed by atoms with Crippen molar-refractivity contribution in [1.82, 2.24) is 5.32 Å². The van der Waals surface area contributed by atoms with E-state index >= 15 is 0 Å². The molecule has 1 saturated carbocycles. The number of hydrogen-bond acceptors (Lipinski definition) is 3. The van der Waals surface area contributed by atoms with Crippen LogP contribution in [0, 0.1) is 5.92 Å². The summed E-state index contributed by atoms with van der Waals surface area (Å²) in [6.07, 6.45) is 2.50. The third-order valence-corrected chi connectivity index (χ3v) is 3.29. The number of hydrogen-bond donors (Lipinski definition) is 3. The van der Waals surface area contributed by atoms with Gasteiger partial charge >= 0.3 is 0 Å². The first-order valence-corrected chi connectivity index (χ1v) is 6.50. The van der Waals surface area contributed by atoms with E-state index in [9.17, 15) is 9.90 Å². The van der Waals surface area contributed by atoms with Crippen LogP contribution in [0.2, 0.25) is 10.0 Å². The molecule has 0 spiro atoms. The van der Waals surface area contributed by atoms with Crippen LogP contribution in [0.25, 0.3) is 0 Å². The molecule has 19 heavy (non-hydrogen) atoms. The highest BCUT2D eigenvalue weighted by molar-refractivity contribution is 6.37. The molecule has 0 aromatic heterocycles. The maximum atomic E-state index is 11.6. The molecule has 0 aliphatic heterocycles. The van der Waals surface area contributed by atoms with Gasteiger partial charge in [0.15, 0.2) is 5.75 Å². The van der Waals surface area contributed by atoms with Crippen molar-refractivity contribution in [2.75, 3.05) is 18.4 Å². The van der Waals surface area contributed by atoms with E-state index < -0.39 is 0 Å². The third kappa shape index (κ3) is 5.07. The number of carbonyl (C=O) groups excluding carboxylic acids is 1. The summed E-state index contributed by atoms with van der Waals surface area (Å²) in [4.78, 5) is 11.6. The van der Waals surface area contributed by atoms with E-state index in [4.69, 9.17) is 23.2 Å². The number of nitrogens with one attached hydrogen (secondary N) is 2. The molecular weight excluding hydrogens is 311 g/mol. The first kappa shape index (κ1) is 16.4. The summed E-state index contributed by atoms with van der Waals surface area (Å²) in [5.41, 5.74) is 0.473. The highest BCUT2D eigenvalue weighted by Gasteiger charge is 2.20. The lowest BCUT2D eigenvalue weighted by Gasteiger charge is -2.08. The van der Waals surface area contributed by atoms with Gasteiger partial charge in [0.25, 0.3) is 0 Å². The second-order valence-corrected chi connectivity index (χ2v) is 5.23. The molecule has 1 aromatic rings. The Hall–Kier alpha value is -0.680. The predicted molar refractivity (Wildman–Crippen MR) is 79.6 cm³/mol. The molecule has 4 nitrogen and oxygen atoms in total. The quantitative estimate of drug-likeness (QED) is 0.729. The fourth-order valence-electron chi connectivity index (χ4n) is 1.55. The number of carbonyl (C=O) groups is 1. The molecule has 0 saturated heterocycles. The van der Waals surface area contributed by atoms with Gasteiger partial charge in [0.05, 0.1) is 16.6 Å². The van der Waals surface area contributed by atoms with Gasteiger partial charge in [0, 0.05) is 5.69 Å². The molecule has 3 N–H and O–H groups in total. The van der Waals surface area contributed by atoms with Crippen LogP contribution in [0.1, 0.15) is 12.8 Å². The molecule has 0 bridgehead atoms. The van der Waals surface area contributed by atoms with Crippen molar-refractivity contribution in [1.29, 1.82) is 0 Å². The molecule has 1 aromatic carbocycles. The average molecular weight is 326 g/mol. The second kappa shape index (κ2) is 7.20. The van der Waals surface area contributed by atoms with Gasteiger partial charge in [-0.15, -0.1) is 12.4 Å². The Morgan fingerprint density at radius 2 is 1.89 bits per heavy atom. The number of phenolic OH excluding ortho intramolecular Hbond substituents is 1.